The molecular weight excluding hydrogens is 230 g/mol. The van der Waals surface area contributed by atoms with Crippen molar-refractivity contribution in [2.75, 3.05) is 0 Å². The van der Waals surface area contributed by atoms with E-state index in [0.29, 0.717) is 22.4 Å². The molecule has 5 heteroatoms. The lowest BCUT2D eigenvalue weighted by Gasteiger charge is -2.16. The number of hydrogen-bond acceptors (Lipinski definition) is 4. The zero-order valence-electron chi connectivity index (χ0n) is 8.30. The third kappa shape index (κ3) is 3.04. The van der Waals surface area contributed by atoms with Gasteiger partial charge < -0.3 is 10.2 Å². The molecule has 16 heavy (non-hydrogen) atoms. The normalized spacial score (nSPS) is 13.9. The number of nitrogens with zero attached hydrogens (tertiary/aromatic N) is 1. The Hall–Kier alpha value is -1.41. The van der Waals surface area contributed by atoms with Crippen LogP contribution < -0.4 is 0 Å². The van der Waals surface area contributed by atoms with Gasteiger partial charge in [0.1, 0.15) is 12.4 Å². The molecule has 2 atom stereocenters. The van der Waals surface area contributed by atoms with Crippen LogP contribution in [0.5, 0.6) is 0 Å². The highest BCUT2D eigenvalue weighted by atomic mass is 35.5. The summed E-state index contributed by atoms with van der Waals surface area (Å²) in [6, 6.07) is 6.06. The van der Waals surface area contributed by atoms with E-state index in [-0.39, 0.29) is 6.42 Å². The van der Waals surface area contributed by atoms with E-state index < -0.39 is 12.2 Å². The highest BCUT2D eigenvalue weighted by Crippen LogP contribution is 2.23. The number of nitriles is 1. The summed E-state index contributed by atoms with van der Waals surface area (Å²) in [6.45, 7) is 0. The highest BCUT2D eigenvalue weighted by Gasteiger charge is 2.18. The predicted molar refractivity (Wildman–Crippen MR) is 58.0 cm³/mol. The fraction of sp³-hybridized carbons (Fsp3) is 0.273. The van der Waals surface area contributed by atoms with Crippen LogP contribution in [-0.4, -0.2) is 22.6 Å². The Labute approximate surface area is 97.7 Å². The number of halogens is 1. The van der Waals surface area contributed by atoms with E-state index in [0.717, 1.165) is 0 Å². The molecule has 1 aromatic rings. The summed E-state index contributed by atoms with van der Waals surface area (Å²) in [4.78, 5) is 10.6. The maximum Gasteiger partial charge on any atom is 0.150 e. The number of aliphatic hydroxyl groups is 2. The lowest BCUT2D eigenvalue weighted by Crippen LogP contribution is -2.17. The zero-order chi connectivity index (χ0) is 12.1. The molecule has 1 aromatic carbocycles. The van der Waals surface area contributed by atoms with Crippen molar-refractivity contribution in [3.63, 3.8) is 0 Å². The molecule has 84 valence electrons. The number of hydrogen-bond donors (Lipinski definition) is 2. The Bertz CT molecular complexity index is 428. The Morgan fingerprint density at radius 1 is 1.44 bits per heavy atom. The first-order valence-corrected chi connectivity index (χ1v) is 4.95. The van der Waals surface area contributed by atoms with E-state index in [1.54, 1.807) is 6.07 Å². The van der Waals surface area contributed by atoms with Crippen molar-refractivity contribution < 1.29 is 15.0 Å². The largest absolute Gasteiger partial charge is 0.389 e. The molecule has 0 saturated carbocycles. The third-order valence-electron chi connectivity index (χ3n) is 2.08. The lowest BCUT2D eigenvalue weighted by molar-refractivity contribution is 0.0216. The summed E-state index contributed by atoms with van der Waals surface area (Å²) in [7, 11) is 0. The van der Waals surface area contributed by atoms with E-state index in [1.165, 1.54) is 18.2 Å². The number of rotatable bonds is 4. The topological polar surface area (TPSA) is 81.3 Å². The average molecular weight is 240 g/mol. The van der Waals surface area contributed by atoms with Gasteiger partial charge >= 0.3 is 0 Å². The van der Waals surface area contributed by atoms with E-state index in [9.17, 15) is 15.0 Å². The van der Waals surface area contributed by atoms with Crippen LogP contribution >= 0.6 is 11.6 Å². The molecule has 0 aromatic heterocycles. The van der Waals surface area contributed by atoms with Crippen molar-refractivity contribution in [1.82, 2.24) is 0 Å². The first kappa shape index (κ1) is 12.7. The number of aliphatic hydroxyl groups excluding tert-OH is 2. The van der Waals surface area contributed by atoms with Gasteiger partial charge in [-0.25, -0.2) is 0 Å². The van der Waals surface area contributed by atoms with Gasteiger partial charge in [0.2, 0.25) is 0 Å². The quantitative estimate of drug-likeness (QED) is 0.780. The van der Waals surface area contributed by atoms with Crippen LogP contribution in [0.2, 0.25) is 5.02 Å². The van der Waals surface area contributed by atoms with Crippen molar-refractivity contribution in [3.8, 4) is 6.07 Å². The zero-order valence-corrected chi connectivity index (χ0v) is 9.05. The van der Waals surface area contributed by atoms with Gasteiger partial charge in [0.25, 0.3) is 0 Å². The summed E-state index contributed by atoms with van der Waals surface area (Å²) in [5, 5.41) is 27.8. The van der Waals surface area contributed by atoms with Crippen LogP contribution in [0.1, 0.15) is 28.4 Å². The molecule has 0 heterocycles. The van der Waals surface area contributed by atoms with Crippen molar-refractivity contribution in [2.24, 2.45) is 0 Å². The molecule has 2 N–H and O–H groups in total. The summed E-state index contributed by atoms with van der Waals surface area (Å²) >= 11 is 5.74. The fourth-order valence-electron chi connectivity index (χ4n) is 1.30. The van der Waals surface area contributed by atoms with Crippen LogP contribution in [-0.2, 0) is 0 Å². The first-order chi connectivity index (χ1) is 7.58. The fourth-order valence-corrected chi connectivity index (χ4v) is 1.55. The van der Waals surface area contributed by atoms with Crippen LogP contribution in [0.3, 0.4) is 0 Å². The van der Waals surface area contributed by atoms with E-state index in [2.05, 4.69) is 0 Å². The van der Waals surface area contributed by atoms with Gasteiger partial charge in [0.05, 0.1) is 18.6 Å². The second kappa shape index (κ2) is 5.61. The van der Waals surface area contributed by atoms with Gasteiger partial charge in [-0.15, -0.1) is 0 Å². The molecule has 1 rings (SSSR count). The molecule has 0 saturated heterocycles. The number of carbonyl (C=O) groups excluding carboxylic acids is 1. The summed E-state index contributed by atoms with van der Waals surface area (Å²) in [5.74, 6) is 0. The number of benzene rings is 1. The smallest absolute Gasteiger partial charge is 0.150 e. The number of carbonyl (C=O) groups is 1. The van der Waals surface area contributed by atoms with Gasteiger partial charge in [0.15, 0.2) is 0 Å². The van der Waals surface area contributed by atoms with E-state index >= 15 is 0 Å². The maximum absolute atomic E-state index is 10.6. The molecule has 0 aliphatic carbocycles. The van der Waals surface area contributed by atoms with Gasteiger partial charge in [-0.05, 0) is 23.8 Å². The second-order valence-electron chi connectivity index (χ2n) is 3.31. The van der Waals surface area contributed by atoms with Crippen LogP contribution in [0, 0.1) is 11.3 Å². The van der Waals surface area contributed by atoms with Crippen molar-refractivity contribution >= 4 is 17.9 Å². The third-order valence-corrected chi connectivity index (χ3v) is 2.30. The number of aldehydes is 1. The SMILES string of the molecule is N#CCC(O)C(O)c1cc(Cl)cc(C=O)c1. The Balaban J connectivity index is 2.99. The summed E-state index contributed by atoms with van der Waals surface area (Å²) in [6.07, 6.45) is -2.01. The van der Waals surface area contributed by atoms with E-state index in [4.69, 9.17) is 16.9 Å². The molecule has 2 unspecified atom stereocenters. The molecule has 0 aliphatic heterocycles. The molecule has 4 nitrogen and oxygen atoms in total. The molecular formula is C11H10ClNO3. The minimum absolute atomic E-state index is 0.190. The molecule has 0 spiro atoms. The predicted octanol–water partition coefficient (Wildman–Crippen LogP) is 1.46. The monoisotopic (exact) mass is 239 g/mol. The van der Waals surface area contributed by atoms with Crippen molar-refractivity contribution in [2.45, 2.75) is 18.6 Å². The molecule has 0 bridgehead atoms. The second-order valence-corrected chi connectivity index (χ2v) is 3.75. The minimum atomic E-state index is -1.22. The van der Waals surface area contributed by atoms with Gasteiger partial charge in [-0.1, -0.05) is 11.6 Å². The van der Waals surface area contributed by atoms with E-state index in [1.807, 2.05) is 0 Å². The highest BCUT2D eigenvalue weighted by molar-refractivity contribution is 6.30. The lowest BCUT2D eigenvalue weighted by atomic mass is 10.0. The Morgan fingerprint density at radius 2 is 2.12 bits per heavy atom. The van der Waals surface area contributed by atoms with Crippen LogP contribution in [0.25, 0.3) is 0 Å². The molecule has 0 fully saturated rings. The van der Waals surface area contributed by atoms with Crippen LogP contribution in [0.15, 0.2) is 18.2 Å². The molecule has 0 amide bonds. The van der Waals surface area contributed by atoms with Crippen LogP contribution in [0.4, 0.5) is 0 Å². The Kier molecular flexibility index (Phi) is 4.44. The van der Waals surface area contributed by atoms with Crippen molar-refractivity contribution in [3.05, 3.63) is 34.3 Å². The first-order valence-electron chi connectivity index (χ1n) is 4.57. The Morgan fingerprint density at radius 3 is 2.69 bits per heavy atom. The summed E-state index contributed by atoms with van der Waals surface area (Å²) < 4.78 is 0. The average Bonchev–Trinajstić information content (AvgIpc) is 2.27. The molecule has 0 aliphatic rings. The van der Waals surface area contributed by atoms with Gasteiger partial charge in [-0.3, -0.25) is 4.79 Å². The molecule has 0 radical (unpaired) electrons. The van der Waals surface area contributed by atoms with Crippen molar-refractivity contribution in [1.29, 1.82) is 5.26 Å². The standard InChI is InChI=1S/C11H10ClNO3/c12-9-4-7(6-14)3-8(5-9)11(16)10(15)1-2-13/h3-6,10-11,15-16H,1H2. The maximum atomic E-state index is 10.6. The van der Waals surface area contributed by atoms with Gasteiger partial charge in [0, 0.05) is 10.6 Å². The minimum Gasteiger partial charge on any atom is -0.389 e. The summed E-state index contributed by atoms with van der Waals surface area (Å²) in [5.41, 5.74) is 0.628. The van der Waals surface area contributed by atoms with Gasteiger partial charge in [-0.2, -0.15) is 5.26 Å².